The lowest BCUT2D eigenvalue weighted by molar-refractivity contribution is 0.185. The number of aromatic amines is 1. The Bertz CT molecular complexity index is 798. The van der Waals surface area contributed by atoms with Crippen molar-refractivity contribution in [3.63, 3.8) is 0 Å². The first kappa shape index (κ1) is 17.2. The number of benzene rings is 1. The fourth-order valence-corrected chi connectivity index (χ4v) is 2.63. The number of hydrogen-bond donors (Lipinski definition) is 2. The lowest BCUT2D eigenvalue weighted by Crippen LogP contribution is -2.22. The molecule has 7 nitrogen and oxygen atoms in total. The van der Waals surface area contributed by atoms with Crippen molar-refractivity contribution < 1.29 is 9.13 Å². The Hall–Kier alpha value is -2.58. The van der Waals surface area contributed by atoms with E-state index in [0.717, 1.165) is 22.6 Å². The summed E-state index contributed by atoms with van der Waals surface area (Å²) in [5.74, 6) is 0.593. The molecule has 3 aromatic rings. The van der Waals surface area contributed by atoms with Crippen LogP contribution in [-0.4, -0.2) is 38.7 Å². The molecule has 2 heterocycles. The van der Waals surface area contributed by atoms with E-state index in [9.17, 15) is 4.39 Å². The van der Waals surface area contributed by atoms with Crippen molar-refractivity contribution in [3.8, 4) is 11.3 Å². The quantitative estimate of drug-likeness (QED) is 0.655. The smallest absolute Gasteiger partial charge is 0.149 e. The highest BCUT2D eigenvalue weighted by Crippen LogP contribution is 2.22. The van der Waals surface area contributed by atoms with E-state index in [4.69, 9.17) is 4.74 Å². The van der Waals surface area contributed by atoms with Crippen LogP contribution in [0.3, 0.4) is 0 Å². The second-order valence-electron chi connectivity index (χ2n) is 5.76. The van der Waals surface area contributed by atoms with Gasteiger partial charge in [0, 0.05) is 31.3 Å². The first-order chi connectivity index (χ1) is 12.2. The standard InChI is InChI=1S/C17H21FN6O/c1-12(17-23-21-11-24(17)7-8-25-2)19-9-14-10-20-22-16(14)13-3-5-15(18)6-4-13/h3-6,10-12,19H,7-9H2,1-2H3,(H,20,22). The molecule has 2 N–H and O–H groups in total. The Balaban J connectivity index is 1.67. The summed E-state index contributed by atoms with van der Waals surface area (Å²) < 4.78 is 20.2. The molecule has 0 aliphatic heterocycles. The van der Waals surface area contributed by atoms with Crippen LogP contribution in [0.25, 0.3) is 11.3 Å². The van der Waals surface area contributed by atoms with Crippen LogP contribution in [0, 0.1) is 5.82 Å². The van der Waals surface area contributed by atoms with Gasteiger partial charge in [-0.3, -0.25) is 5.10 Å². The first-order valence-corrected chi connectivity index (χ1v) is 8.07. The summed E-state index contributed by atoms with van der Waals surface area (Å²) in [6, 6.07) is 6.35. The summed E-state index contributed by atoms with van der Waals surface area (Å²) in [6.45, 7) is 3.94. The molecule has 1 aromatic carbocycles. The van der Waals surface area contributed by atoms with Crippen LogP contribution < -0.4 is 5.32 Å². The number of methoxy groups -OCH3 is 1. The van der Waals surface area contributed by atoms with E-state index >= 15 is 0 Å². The van der Waals surface area contributed by atoms with Crippen molar-refractivity contribution in [2.45, 2.75) is 26.1 Å². The van der Waals surface area contributed by atoms with Crippen molar-refractivity contribution in [2.75, 3.05) is 13.7 Å². The van der Waals surface area contributed by atoms with Gasteiger partial charge in [0.05, 0.1) is 24.5 Å². The molecule has 0 saturated carbocycles. The molecule has 3 rings (SSSR count). The number of nitrogens with one attached hydrogen (secondary N) is 2. The molecule has 0 fully saturated rings. The van der Waals surface area contributed by atoms with Gasteiger partial charge in [-0.2, -0.15) is 5.10 Å². The molecule has 0 bridgehead atoms. The van der Waals surface area contributed by atoms with Crippen molar-refractivity contribution in [1.29, 1.82) is 0 Å². The topological polar surface area (TPSA) is 80.7 Å². The van der Waals surface area contributed by atoms with Crippen LogP contribution >= 0.6 is 0 Å². The lowest BCUT2D eigenvalue weighted by Gasteiger charge is -2.14. The molecule has 2 aromatic heterocycles. The van der Waals surface area contributed by atoms with Gasteiger partial charge in [-0.1, -0.05) is 0 Å². The van der Waals surface area contributed by atoms with Gasteiger partial charge in [0.25, 0.3) is 0 Å². The average Bonchev–Trinajstić information content (AvgIpc) is 3.27. The summed E-state index contributed by atoms with van der Waals surface area (Å²) in [5, 5.41) is 18.7. The summed E-state index contributed by atoms with van der Waals surface area (Å²) in [6.07, 6.45) is 3.47. The zero-order chi connectivity index (χ0) is 17.6. The summed E-state index contributed by atoms with van der Waals surface area (Å²) in [4.78, 5) is 0. The lowest BCUT2D eigenvalue weighted by atomic mass is 10.1. The molecule has 25 heavy (non-hydrogen) atoms. The maximum absolute atomic E-state index is 13.1. The van der Waals surface area contributed by atoms with Gasteiger partial charge in [0.1, 0.15) is 18.0 Å². The minimum absolute atomic E-state index is 0.00956. The molecular formula is C17H21FN6O. The predicted octanol–water partition coefficient (Wildman–Crippen LogP) is 2.30. The highest BCUT2D eigenvalue weighted by atomic mass is 19.1. The number of aromatic nitrogens is 5. The summed E-state index contributed by atoms with van der Waals surface area (Å²) in [5.41, 5.74) is 2.77. The molecule has 0 saturated heterocycles. The molecule has 0 amide bonds. The molecule has 0 spiro atoms. The Morgan fingerprint density at radius 2 is 2.12 bits per heavy atom. The van der Waals surface area contributed by atoms with Gasteiger partial charge in [-0.05, 0) is 31.2 Å². The molecular weight excluding hydrogens is 323 g/mol. The Labute approximate surface area is 145 Å². The highest BCUT2D eigenvalue weighted by molar-refractivity contribution is 5.62. The van der Waals surface area contributed by atoms with Gasteiger partial charge >= 0.3 is 0 Å². The number of rotatable bonds is 8. The van der Waals surface area contributed by atoms with Crippen molar-refractivity contribution >= 4 is 0 Å². The molecule has 132 valence electrons. The third kappa shape index (κ3) is 4.09. The minimum Gasteiger partial charge on any atom is -0.383 e. The number of hydrogen-bond acceptors (Lipinski definition) is 5. The van der Waals surface area contributed by atoms with E-state index < -0.39 is 0 Å². The second-order valence-corrected chi connectivity index (χ2v) is 5.76. The zero-order valence-corrected chi connectivity index (χ0v) is 14.2. The van der Waals surface area contributed by atoms with Gasteiger partial charge in [-0.25, -0.2) is 4.39 Å². The molecule has 0 aliphatic carbocycles. The summed E-state index contributed by atoms with van der Waals surface area (Å²) >= 11 is 0. The third-order valence-corrected chi connectivity index (χ3v) is 4.02. The fourth-order valence-electron chi connectivity index (χ4n) is 2.63. The van der Waals surface area contributed by atoms with E-state index in [1.165, 1.54) is 12.1 Å². The molecule has 1 atom stereocenters. The zero-order valence-electron chi connectivity index (χ0n) is 14.2. The van der Waals surface area contributed by atoms with Crippen molar-refractivity contribution in [2.24, 2.45) is 0 Å². The number of H-pyrrole nitrogens is 1. The largest absolute Gasteiger partial charge is 0.383 e. The number of ether oxygens (including phenoxy) is 1. The van der Waals surface area contributed by atoms with Crippen LogP contribution in [0.1, 0.15) is 24.4 Å². The van der Waals surface area contributed by atoms with E-state index in [2.05, 4.69) is 25.7 Å². The van der Waals surface area contributed by atoms with Crippen molar-refractivity contribution in [3.05, 3.63) is 54.0 Å². The molecule has 0 radical (unpaired) electrons. The minimum atomic E-state index is -0.257. The second kappa shape index (κ2) is 8.00. The van der Waals surface area contributed by atoms with Gasteiger partial charge in [-0.15, -0.1) is 10.2 Å². The maximum atomic E-state index is 13.1. The van der Waals surface area contributed by atoms with E-state index in [1.54, 1.807) is 31.8 Å². The highest BCUT2D eigenvalue weighted by Gasteiger charge is 2.14. The Kier molecular flexibility index (Phi) is 5.52. The van der Waals surface area contributed by atoms with E-state index in [-0.39, 0.29) is 11.9 Å². The Morgan fingerprint density at radius 1 is 1.32 bits per heavy atom. The average molecular weight is 344 g/mol. The predicted molar refractivity (Wildman–Crippen MR) is 91.1 cm³/mol. The maximum Gasteiger partial charge on any atom is 0.149 e. The van der Waals surface area contributed by atoms with Crippen LogP contribution in [0.2, 0.25) is 0 Å². The van der Waals surface area contributed by atoms with E-state index in [0.29, 0.717) is 19.7 Å². The van der Waals surface area contributed by atoms with Crippen LogP contribution in [0.15, 0.2) is 36.8 Å². The first-order valence-electron chi connectivity index (χ1n) is 8.07. The third-order valence-electron chi connectivity index (χ3n) is 4.02. The summed E-state index contributed by atoms with van der Waals surface area (Å²) in [7, 11) is 1.67. The number of nitrogens with zero attached hydrogens (tertiary/aromatic N) is 4. The monoisotopic (exact) mass is 344 g/mol. The molecule has 8 heteroatoms. The van der Waals surface area contributed by atoms with Crippen molar-refractivity contribution in [1.82, 2.24) is 30.3 Å². The fraction of sp³-hybridized carbons (Fsp3) is 0.353. The SMILES string of the molecule is COCCn1cnnc1C(C)NCc1cn[nH]c1-c1ccc(F)cc1. The van der Waals surface area contributed by atoms with E-state index in [1.807, 2.05) is 11.5 Å². The van der Waals surface area contributed by atoms with Gasteiger partial charge < -0.3 is 14.6 Å². The van der Waals surface area contributed by atoms with Crippen LogP contribution in [0.5, 0.6) is 0 Å². The van der Waals surface area contributed by atoms with Crippen LogP contribution in [0.4, 0.5) is 4.39 Å². The van der Waals surface area contributed by atoms with Gasteiger partial charge in [0.15, 0.2) is 0 Å². The molecule has 0 aliphatic rings. The number of halogens is 1. The van der Waals surface area contributed by atoms with Crippen LogP contribution in [-0.2, 0) is 17.8 Å². The normalized spacial score (nSPS) is 12.4. The Morgan fingerprint density at radius 3 is 2.88 bits per heavy atom. The molecule has 1 unspecified atom stereocenters. The van der Waals surface area contributed by atoms with Gasteiger partial charge in [0.2, 0.25) is 0 Å².